The molecule has 0 atom stereocenters. The van der Waals surface area contributed by atoms with E-state index in [0.29, 0.717) is 17.6 Å². The Morgan fingerprint density at radius 2 is 0.794 bits per heavy atom. The van der Waals surface area contributed by atoms with E-state index in [4.69, 9.17) is 19.4 Å². The average molecular weight is 806 g/mol. The first-order chi connectivity index (χ1) is 31.2. The summed E-state index contributed by atoms with van der Waals surface area (Å²) in [5.74, 6) is 1.68. The lowest BCUT2D eigenvalue weighted by atomic mass is 10.0. The molecule has 63 heavy (non-hydrogen) atoms. The fourth-order valence-corrected chi connectivity index (χ4v) is 9.45. The summed E-state index contributed by atoms with van der Waals surface area (Å²) in [6.07, 6.45) is 0. The van der Waals surface area contributed by atoms with Crippen LogP contribution in [0, 0.1) is 0 Å². The standard InChI is InChI=1S/C57H35N5O/c1-4-14-36(15-5-1)38-24-28-42(29-25-38)61-49-22-12-10-20-43(49)46-31-32-47-44-21-11-13-23-50(44)62(54(47)53(46)61)57-59-55(39-18-8-3-9-19-39)58-56(60-57)41-26-30-45-48-34-40(37-16-6-2-7-17-37)27-33-51(48)63-52(45)35-41/h1-35H. The van der Waals surface area contributed by atoms with Crippen molar-refractivity contribution < 1.29 is 4.42 Å². The van der Waals surface area contributed by atoms with Gasteiger partial charge in [-0.2, -0.15) is 9.97 Å². The first kappa shape index (κ1) is 35.2. The third kappa shape index (κ3) is 5.62. The van der Waals surface area contributed by atoms with Crippen LogP contribution >= 0.6 is 0 Å². The molecular weight excluding hydrogens is 771 g/mol. The summed E-state index contributed by atoms with van der Waals surface area (Å²) in [5.41, 5.74) is 13.3. The van der Waals surface area contributed by atoms with Crippen molar-refractivity contribution in [3.63, 3.8) is 0 Å². The molecule has 0 aliphatic carbocycles. The Balaban J connectivity index is 1.06. The Hall–Kier alpha value is -8.61. The van der Waals surface area contributed by atoms with Crippen LogP contribution in [0.25, 0.3) is 122 Å². The highest BCUT2D eigenvalue weighted by Crippen LogP contribution is 2.42. The molecule has 6 nitrogen and oxygen atoms in total. The zero-order valence-electron chi connectivity index (χ0n) is 33.9. The monoisotopic (exact) mass is 805 g/mol. The molecule has 0 aliphatic heterocycles. The van der Waals surface area contributed by atoms with E-state index in [1.165, 1.54) is 22.1 Å². The van der Waals surface area contributed by atoms with Crippen molar-refractivity contribution in [3.8, 4) is 56.7 Å². The van der Waals surface area contributed by atoms with Crippen LogP contribution in [0.15, 0.2) is 217 Å². The van der Waals surface area contributed by atoms with E-state index in [1.54, 1.807) is 0 Å². The van der Waals surface area contributed by atoms with Crippen LogP contribution in [0.1, 0.15) is 0 Å². The molecule has 4 aromatic heterocycles. The van der Waals surface area contributed by atoms with Crippen molar-refractivity contribution >= 4 is 65.6 Å². The number of rotatable bonds is 6. The number of aromatic nitrogens is 5. The molecule has 13 rings (SSSR count). The molecule has 0 saturated carbocycles. The number of hydrogen-bond acceptors (Lipinski definition) is 4. The summed E-state index contributed by atoms with van der Waals surface area (Å²) in [5, 5.41) is 6.67. The quantitative estimate of drug-likeness (QED) is 0.168. The second kappa shape index (κ2) is 14.0. The highest BCUT2D eigenvalue weighted by atomic mass is 16.3. The molecule has 0 aliphatic rings. The second-order valence-electron chi connectivity index (χ2n) is 16.0. The van der Waals surface area contributed by atoms with Gasteiger partial charge in [0.15, 0.2) is 11.6 Å². The Labute approximate surface area is 361 Å². The molecule has 13 aromatic rings. The molecule has 0 bridgehead atoms. The molecule has 9 aromatic carbocycles. The van der Waals surface area contributed by atoms with Gasteiger partial charge in [-0.05, 0) is 70.8 Å². The number of fused-ring (bicyclic) bond motifs is 10. The van der Waals surface area contributed by atoms with Crippen LogP contribution in [-0.2, 0) is 0 Å². The van der Waals surface area contributed by atoms with Gasteiger partial charge in [0, 0.05) is 49.1 Å². The van der Waals surface area contributed by atoms with Crippen LogP contribution in [0.4, 0.5) is 0 Å². The summed E-state index contributed by atoms with van der Waals surface area (Å²) >= 11 is 0. The number of hydrogen-bond donors (Lipinski definition) is 0. The first-order valence-electron chi connectivity index (χ1n) is 21.2. The van der Waals surface area contributed by atoms with E-state index in [1.807, 2.05) is 24.3 Å². The molecule has 0 fully saturated rings. The van der Waals surface area contributed by atoms with Gasteiger partial charge < -0.3 is 8.98 Å². The number of furan rings is 1. The Morgan fingerprint density at radius 3 is 1.46 bits per heavy atom. The van der Waals surface area contributed by atoms with Crippen molar-refractivity contribution in [3.05, 3.63) is 212 Å². The molecule has 0 saturated heterocycles. The van der Waals surface area contributed by atoms with Gasteiger partial charge in [-0.15, -0.1) is 0 Å². The fraction of sp³-hybridized carbons (Fsp3) is 0. The minimum Gasteiger partial charge on any atom is -0.456 e. The normalized spacial score (nSPS) is 11.8. The third-order valence-corrected chi connectivity index (χ3v) is 12.4. The topological polar surface area (TPSA) is 61.7 Å². The molecule has 0 radical (unpaired) electrons. The van der Waals surface area contributed by atoms with Gasteiger partial charge in [-0.3, -0.25) is 4.57 Å². The Bertz CT molecular complexity index is 3890. The van der Waals surface area contributed by atoms with Crippen molar-refractivity contribution in [1.29, 1.82) is 0 Å². The van der Waals surface area contributed by atoms with Crippen molar-refractivity contribution in [2.24, 2.45) is 0 Å². The van der Waals surface area contributed by atoms with Gasteiger partial charge in [-0.1, -0.05) is 164 Å². The van der Waals surface area contributed by atoms with Crippen LogP contribution in [0.2, 0.25) is 0 Å². The van der Waals surface area contributed by atoms with E-state index in [2.05, 4.69) is 197 Å². The van der Waals surface area contributed by atoms with E-state index in [0.717, 1.165) is 82.5 Å². The van der Waals surface area contributed by atoms with Gasteiger partial charge in [0.1, 0.15) is 11.2 Å². The summed E-state index contributed by atoms with van der Waals surface area (Å²) in [6.45, 7) is 0. The van der Waals surface area contributed by atoms with E-state index >= 15 is 0 Å². The van der Waals surface area contributed by atoms with Crippen molar-refractivity contribution in [2.75, 3.05) is 0 Å². The van der Waals surface area contributed by atoms with E-state index in [-0.39, 0.29) is 0 Å². The molecule has 6 heteroatoms. The van der Waals surface area contributed by atoms with Crippen LogP contribution in [0.3, 0.4) is 0 Å². The largest absolute Gasteiger partial charge is 0.456 e. The van der Waals surface area contributed by atoms with Crippen molar-refractivity contribution in [1.82, 2.24) is 24.1 Å². The predicted molar refractivity (Wildman–Crippen MR) is 258 cm³/mol. The van der Waals surface area contributed by atoms with Gasteiger partial charge >= 0.3 is 0 Å². The number of benzene rings is 9. The number of para-hydroxylation sites is 2. The van der Waals surface area contributed by atoms with Crippen LogP contribution < -0.4 is 0 Å². The lowest BCUT2D eigenvalue weighted by molar-refractivity contribution is 0.669. The fourth-order valence-electron chi connectivity index (χ4n) is 9.45. The molecule has 0 N–H and O–H groups in total. The smallest absolute Gasteiger partial charge is 0.238 e. The summed E-state index contributed by atoms with van der Waals surface area (Å²) < 4.78 is 11.2. The Kier molecular flexibility index (Phi) is 7.80. The van der Waals surface area contributed by atoms with Crippen LogP contribution in [0.5, 0.6) is 0 Å². The zero-order valence-corrected chi connectivity index (χ0v) is 33.9. The van der Waals surface area contributed by atoms with Gasteiger partial charge in [0.25, 0.3) is 0 Å². The summed E-state index contributed by atoms with van der Waals surface area (Å²) in [6, 6.07) is 74.5. The van der Waals surface area contributed by atoms with Crippen molar-refractivity contribution in [2.45, 2.75) is 0 Å². The second-order valence-corrected chi connectivity index (χ2v) is 16.0. The zero-order chi connectivity index (χ0) is 41.4. The average Bonchev–Trinajstić information content (AvgIpc) is 4.02. The molecular formula is C57H35N5O. The third-order valence-electron chi connectivity index (χ3n) is 12.4. The lowest BCUT2D eigenvalue weighted by Crippen LogP contribution is -2.07. The van der Waals surface area contributed by atoms with E-state index < -0.39 is 0 Å². The SMILES string of the molecule is c1ccc(-c2ccc(-n3c4ccccc4c4ccc5c6ccccc6n(-c6nc(-c7ccccc7)nc(-c7ccc8c(c7)oc7ccc(-c9ccccc9)cc78)n6)c5c43)cc2)cc1. The molecule has 0 spiro atoms. The highest BCUT2D eigenvalue weighted by Gasteiger charge is 2.24. The predicted octanol–water partition coefficient (Wildman–Crippen LogP) is 14.6. The molecule has 0 unspecified atom stereocenters. The number of nitrogens with zero attached hydrogens (tertiary/aromatic N) is 5. The lowest BCUT2D eigenvalue weighted by Gasteiger charge is -2.13. The van der Waals surface area contributed by atoms with Gasteiger partial charge in [0.2, 0.25) is 5.95 Å². The van der Waals surface area contributed by atoms with Crippen LogP contribution in [-0.4, -0.2) is 24.1 Å². The summed E-state index contributed by atoms with van der Waals surface area (Å²) in [7, 11) is 0. The molecule has 294 valence electrons. The summed E-state index contributed by atoms with van der Waals surface area (Å²) in [4.78, 5) is 15.9. The Morgan fingerprint density at radius 1 is 0.302 bits per heavy atom. The minimum absolute atomic E-state index is 0.533. The molecule has 0 amide bonds. The van der Waals surface area contributed by atoms with E-state index in [9.17, 15) is 0 Å². The maximum absolute atomic E-state index is 6.52. The molecule has 4 heterocycles. The maximum atomic E-state index is 6.52. The minimum atomic E-state index is 0.533. The highest BCUT2D eigenvalue weighted by molar-refractivity contribution is 6.23. The first-order valence-corrected chi connectivity index (χ1v) is 21.2. The maximum Gasteiger partial charge on any atom is 0.238 e. The van der Waals surface area contributed by atoms with Gasteiger partial charge in [0.05, 0.1) is 22.1 Å². The van der Waals surface area contributed by atoms with Gasteiger partial charge in [-0.25, -0.2) is 4.98 Å².